The molecule has 3 nitrogen and oxygen atoms in total. The number of nitrogens with one attached hydrogen (secondary N) is 1. The molecule has 2 fully saturated rings. The Balaban J connectivity index is 1.68. The van der Waals surface area contributed by atoms with E-state index >= 15 is 0 Å². The van der Waals surface area contributed by atoms with Gasteiger partial charge in [0.1, 0.15) is 5.54 Å². The smallest absolute Gasteiger partial charge is 0.106 e. The van der Waals surface area contributed by atoms with E-state index in [1.165, 1.54) is 32.2 Å². The summed E-state index contributed by atoms with van der Waals surface area (Å²) in [5.74, 6) is 0.964. The first kappa shape index (κ1) is 13.8. The normalized spacial score (nSPS) is 22.8. The predicted octanol–water partition coefficient (Wildman–Crippen LogP) is 2.53. The van der Waals surface area contributed by atoms with E-state index in [-0.39, 0.29) is 5.54 Å². The lowest BCUT2D eigenvalue weighted by molar-refractivity contribution is 0.285. The quantitative estimate of drug-likeness (QED) is 0.682. The summed E-state index contributed by atoms with van der Waals surface area (Å²) in [5.41, 5.74) is -0.262. The standard InChI is InChI=1S/C15H27N3/c1-3-15(12-16,17-14-7-8-14)9-4-10-18(2)11-13-5-6-13/h13-14,17H,3-11H2,1-2H3. The van der Waals surface area contributed by atoms with E-state index in [1.807, 2.05) is 0 Å². The molecule has 2 aliphatic carbocycles. The number of nitriles is 1. The highest BCUT2D eigenvalue weighted by atomic mass is 15.1. The summed E-state index contributed by atoms with van der Waals surface area (Å²) in [6.07, 6.45) is 8.40. The molecule has 0 aromatic rings. The molecule has 1 atom stereocenters. The summed E-state index contributed by atoms with van der Waals surface area (Å²) in [4.78, 5) is 2.44. The summed E-state index contributed by atoms with van der Waals surface area (Å²) < 4.78 is 0. The largest absolute Gasteiger partial charge is 0.306 e. The summed E-state index contributed by atoms with van der Waals surface area (Å²) in [7, 11) is 2.21. The second-order valence-corrected chi connectivity index (χ2v) is 6.28. The number of rotatable bonds is 9. The van der Waals surface area contributed by atoms with Crippen LogP contribution < -0.4 is 5.32 Å². The molecule has 0 aromatic heterocycles. The first-order valence-electron chi connectivity index (χ1n) is 7.55. The summed E-state index contributed by atoms with van der Waals surface area (Å²) in [6.45, 7) is 4.51. The van der Waals surface area contributed by atoms with Gasteiger partial charge in [-0.3, -0.25) is 5.32 Å². The van der Waals surface area contributed by atoms with Gasteiger partial charge >= 0.3 is 0 Å². The van der Waals surface area contributed by atoms with Gasteiger partial charge < -0.3 is 4.90 Å². The van der Waals surface area contributed by atoms with E-state index < -0.39 is 0 Å². The summed E-state index contributed by atoms with van der Waals surface area (Å²) >= 11 is 0. The maximum absolute atomic E-state index is 9.45. The van der Waals surface area contributed by atoms with Gasteiger partial charge in [0.15, 0.2) is 0 Å². The van der Waals surface area contributed by atoms with Crippen molar-refractivity contribution >= 4 is 0 Å². The number of nitrogens with zero attached hydrogens (tertiary/aromatic N) is 2. The molecule has 0 radical (unpaired) electrons. The zero-order valence-corrected chi connectivity index (χ0v) is 11.9. The van der Waals surface area contributed by atoms with Crippen LogP contribution in [0.5, 0.6) is 0 Å². The third-order valence-electron chi connectivity index (χ3n) is 4.29. The van der Waals surface area contributed by atoms with Gasteiger partial charge in [-0.25, -0.2) is 0 Å². The molecule has 0 saturated heterocycles. The minimum absolute atomic E-state index is 0.262. The van der Waals surface area contributed by atoms with Gasteiger partial charge in [-0.05, 0) is 64.5 Å². The molecule has 2 aliphatic rings. The van der Waals surface area contributed by atoms with Crippen LogP contribution in [0.25, 0.3) is 0 Å². The van der Waals surface area contributed by atoms with Gasteiger partial charge in [0.25, 0.3) is 0 Å². The van der Waals surface area contributed by atoms with Gasteiger partial charge in [0, 0.05) is 12.6 Å². The van der Waals surface area contributed by atoms with Crippen LogP contribution in [0, 0.1) is 17.2 Å². The van der Waals surface area contributed by atoms with Crippen LogP contribution in [0.2, 0.25) is 0 Å². The fraction of sp³-hybridized carbons (Fsp3) is 0.933. The molecule has 18 heavy (non-hydrogen) atoms. The van der Waals surface area contributed by atoms with Gasteiger partial charge in [-0.15, -0.1) is 0 Å². The summed E-state index contributed by atoms with van der Waals surface area (Å²) in [6, 6.07) is 3.15. The predicted molar refractivity (Wildman–Crippen MR) is 74.2 cm³/mol. The monoisotopic (exact) mass is 249 g/mol. The molecule has 102 valence electrons. The Kier molecular flexibility index (Phi) is 4.64. The molecule has 0 spiro atoms. The van der Waals surface area contributed by atoms with E-state index in [2.05, 4.69) is 30.3 Å². The van der Waals surface area contributed by atoms with E-state index in [0.717, 1.165) is 31.7 Å². The van der Waals surface area contributed by atoms with Crippen molar-refractivity contribution in [1.82, 2.24) is 10.2 Å². The van der Waals surface area contributed by atoms with Crippen molar-refractivity contribution in [3.8, 4) is 6.07 Å². The zero-order valence-electron chi connectivity index (χ0n) is 11.9. The first-order valence-corrected chi connectivity index (χ1v) is 7.55. The minimum atomic E-state index is -0.262. The summed E-state index contributed by atoms with van der Waals surface area (Å²) in [5, 5.41) is 13.0. The van der Waals surface area contributed by atoms with Gasteiger partial charge in [0.2, 0.25) is 0 Å². The molecule has 3 heteroatoms. The van der Waals surface area contributed by atoms with Crippen LogP contribution in [0.3, 0.4) is 0 Å². The number of hydrogen-bond donors (Lipinski definition) is 1. The molecule has 0 heterocycles. The highest BCUT2D eigenvalue weighted by molar-refractivity contribution is 5.09. The molecular formula is C15H27N3. The molecule has 0 aromatic carbocycles. The molecule has 0 aliphatic heterocycles. The molecule has 2 rings (SSSR count). The van der Waals surface area contributed by atoms with E-state index in [9.17, 15) is 5.26 Å². The maximum Gasteiger partial charge on any atom is 0.106 e. The second kappa shape index (κ2) is 6.04. The lowest BCUT2D eigenvalue weighted by Gasteiger charge is -2.27. The Morgan fingerprint density at radius 2 is 2.06 bits per heavy atom. The highest BCUT2D eigenvalue weighted by Crippen LogP contribution is 2.30. The Labute approximate surface area is 112 Å². The molecule has 2 saturated carbocycles. The Morgan fingerprint density at radius 1 is 1.33 bits per heavy atom. The highest BCUT2D eigenvalue weighted by Gasteiger charge is 2.34. The Hall–Kier alpha value is -0.590. The van der Waals surface area contributed by atoms with E-state index in [1.54, 1.807) is 0 Å². The van der Waals surface area contributed by atoms with Gasteiger partial charge in [-0.1, -0.05) is 6.92 Å². The van der Waals surface area contributed by atoms with Crippen LogP contribution >= 0.6 is 0 Å². The third-order valence-corrected chi connectivity index (χ3v) is 4.29. The van der Waals surface area contributed by atoms with Crippen LogP contribution in [-0.2, 0) is 0 Å². The van der Waals surface area contributed by atoms with Crippen LogP contribution in [0.15, 0.2) is 0 Å². The number of hydrogen-bond acceptors (Lipinski definition) is 3. The lowest BCUT2D eigenvalue weighted by Crippen LogP contribution is -2.45. The van der Waals surface area contributed by atoms with Crippen LogP contribution in [0.4, 0.5) is 0 Å². The molecule has 1 N–H and O–H groups in total. The molecular weight excluding hydrogens is 222 g/mol. The fourth-order valence-corrected chi connectivity index (χ4v) is 2.62. The minimum Gasteiger partial charge on any atom is -0.306 e. The lowest BCUT2D eigenvalue weighted by atomic mass is 9.91. The Bertz CT molecular complexity index is 301. The molecule has 0 bridgehead atoms. The van der Waals surface area contributed by atoms with E-state index in [4.69, 9.17) is 0 Å². The van der Waals surface area contributed by atoms with Crippen molar-refractivity contribution in [1.29, 1.82) is 5.26 Å². The fourth-order valence-electron chi connectivity index (χ4n) is 2.62. The Morgan fingerprint density at radius 3 is 2.56 bits per heavy atom. The van der Waals surface area contributed by atoms with Crippen molar-refractivity contribution in [3.63, 3.8) is 0 Å². The van der Waals surface area contributed by atoms with Crippen molar-refractivity contribution < 1.29 is 0 Å². The maximum atomic E-state index is 9.45. The first-order chi connectivity index (χ1) is 8.67. The van der Waals surface area contributed by atoms with Gasteiger partial charge in [-0.2, -0.15) is 5.26 Å². The van der Waals surface area contributed by atoms with Gasteiger partial charge in [0.05, 0.1) is 6.07 Å². The zero-order chi connectivity index (χ0) is 13.0. The van der Waals surface area contributed by atoms with Crippen LogP contribution in [0.1, 0.15) is 51.9 Å². The second-order valence-electron chi connectivity index (χ2n) is 6.28. The van der Waals surface area contributed by atoms with Crippen molar-refractivity contribution in [2.45, 2.75) is 63.5 Å². The van der Waals surface area contributed by atoms with Crippen LogP contribution in [-0.4, -0.2) is 36.6 Å². The third kappa shape index (κ3) is 4.26. The molecule has 1 unspecified atom stereocenters. The van der Waals surface area contributed by atoms with Crippen molar-refractivity contribution in [3.05, 3.63) is 0 Å². The van der Waals surface area contributed by atoms with E-state index in [0.29, 0.717) is 6.04 Å². The SMILES string of the molecule is CCC(C#N)(CCCN(C)CC1CC1)NC1CC1. The average molecular weight is 249 g/mol. The topological polar surface area (TPSA) is 39.1 Å². The van der Waals surface area contributed by atoms with Crippen molar-refractivity contribution in [2.24, 2.45) is 5.92 Å². The van der Waals surface area contributed by atoms with Crippen molar-refractivity contribution in [2.75, 3.05) is 20.1 Å². The molecule has 0 amide bonds. The average Bonchev–Trinajstić information content (AvgIpc) is 3.24.